The van der Waals surface area contributed by atoms with Gasteiger partial charge < -0.3 is 5.11 Å². The van der Waals surface area contributed by atoms with E-state index in [-0.39, 0.29) is 0 Å². The van der Waals surface area contributed by atoms with Crippen molar-refractivity contribution >= 4 is 0 Å². The van der Waals surface area contributed by atoms with Gasteiger partial charge in [0.25, 0.3) is 0 Å². The summed E-state index contributed by atoms with van der Waals surface area (Å²) in [5.41, 5.74) is 3.79. The molecule has 3 rings (SSSR count). The third kappa shape index (κ3) is 2.03. The maximum absolute atomic E-state index is 9.81. The van der Waals surface area contributed by atoms with Crippen LogP contribution >= 0.6 is 0 Å². The first-order valence-electron chi connectivity index (χ1n) is 6.01. The number of hydrogen-bond donors (Lipinski definition) is 1. The molecule has 1 aliphatic carbocycles. The van der Waals surface area contributed by atoms with Crippen molar-refractivity contribution in [1.82, 2.24) is 4.98 Å². The number of phenolic OH excluding ortho intramolecular Hbond substituents is 1. The Kier molecular flexibility index (Phi) is 2.56. The number of fused-ring (bicyclic) bond motifs is 1. The Morgan fingerprint density at radius 3 is 2.71 bits per heavy atom. The normalized spacial score (nSPS) is 18.0. The predicted octanol–water partition coefficient (Wildman–Crippen LogP) is 2.74. The first-order chi connectivity index (χ1) is 8.33. The van der Waals surface area contributed by atoms with Crippen molar-refractivity contribution in [3.63, 3.8) is 0 Å². The number of aromatic hydroxyl groups is 1. The molecule has 86 valence electrons. The lowest BCUT2D eigenvalue weighted by molar-refractivity contribution is 0.464. The minimum atomic E-state index is 0.458. The van der Waals surface area contributed by atoms with Crippen LogP contribution in [0.5, 0.6) is 5.75 Å². The van der Waals surface area contributed by atoms with E-state index in [9.17, 15) is 5.11 Å². The van der Waals surface area contributed by atoms with Crippen molar-refractivity contribution in [2.75, 3.05) is 0 Å². The smallest absolute Gasteiger partial charge is 0.119 e. The van der Waals surface area contributed by atoms with Crippen LogP contribution in [0.2, 0.25) is 0 Å². The van der Waals surface area contributed by atoms with Gasteiger partial charge in [-0.1, -0.05) is 12.1 Å². The van der Waals surface area contributed by atoms with Gasteiger partial charge in [-0.2, -0.15) is 0 Å². The molecule has 0 amide bonds. The number of benzene rings is 1. The van der Waals surface area contributed by atoms with E-state index < -0.39 is 0 Å². The number of hydrogen-bond acceptors (Lipinski definition) is 2. The summed E-state index contributed by atoms with van der Waals surface area (Å²) in [6.45, 7) is 0. The molecule has 1 aliphatic rings. The summed E-state index contributed by atoms with van der Waals surface area (Å²) in [7, 11) is 0. The molecule has 0 aliphatic heterocycles. The van der Waals surface area contributed by atoms with Crippen LogP contribution in [0.25, 0.3) is 0 Å². The van der Waals surface area contributed by atoms with Gasteiger partial charge in [-0.05, 0) is 60.1 Å². The molecule has 1 aromatic heterocycles. The molecule has 0 bridgehead atoms. The third-order valence-corrected chi connectivity index (χ3v) is 3.52. The quantitative estimate of drug-likeness (QED) is 0.852. The van der Waals surface area contributed by atoms with Crippen molar-refractivity contribution in [2.45, 2.75) is 19.3 Å². The van der Waals surface area contributed by atoms with Gasteiger partial charge in [0.2, 0.25) is 0 Å². The van der Waals surface area contributed by atoms with E-state index in [0.29, 0.717) is 11.7 Å². The van der Waals surface area contributed by atoms with Gasteiger partial charge in [0.05, 0.1) is 0 Å². The number of rotatable bonds is 2. The van der Waals surface area contributed by atoms with E-state index in [1.54, 1.807) is 6.07 Å². The van der Waals surface area contributed by atoms with Gasteiger partial charge in [-0.3, -0.25) is 4.98 Å². The fourth-order valence-electron chi connectivity index (χ4n) is 2.72. The number of pyridine rings is 1. The Morgan fingerprint density at radius 2 is 1.94 bits per heavy atom. The maximum atomic E-state index is 9.81. The highest BCUT2D eigenvalue weighted by Crippen LogP contribution is 2.34. The average Bonchev–Trinajstić information content (AvgIpc) is 2.74. The lowest BCUT2D eigenvalue weighted by atomic mass is 9.97. The third-order valence-electron chi connectivity index (χ3n) is 3.52. The van der Waals surface area contributed by atoms with E-state index in [4.69, 9.17) is 0 Å². The molecule has 0 saturated carbocycles. The minimum Gasteiger partial charge on any atom is -0.508 e. The summed E-state index contributed by atoms with van der Waals surface area (Å²) >= 11 is 0. The van der Waals surface area contributed by atoms with Crippen LogP contribution in [-0.4, -0.2) is 10.1 Å². The topological polar surface area (TPSA) is 33.1 Å². The molecule has 1 N–H and O–H groups in total. The molecule has 0 radical (unpaired) electrons. The standard InChI is InChI=1S/C15H15NO/c17-15-3-1-2-13-9-12(10-14(13)15)8-11-4-6-16-7-5-11/h1-7,12,17H,8-10H2/t12-/m1/s1. The second-order valence-corrected chi connectivity index (χ2v) is 4.75. The second-order valence-electron chi connectivity index (χ2n) is 4.75. The van der Waals surface area contributed by atoms with Gasteiger partial charge in [-0.25, -0.2) is 0 Å². The maximum Gasteiger partial charge on any atom is 0.119 e. The van der Waals surface area contributed by atoms with E-state index >= 15 is 0 Å². The van der Waals surface area contributed by atoms with Gasteiger partial charge in [0.1, 0.15) is 5.75 Å². The molecule has 0 spiro atoms. The van der Waals surface area contributed by atoms with Crippen LogP contribution < -0.4 is 0 Å². The van der Waals surface area contributed by atoms with Crippen LogP contribution in [0.15, 0.2) is 42.7 Å². The Morgan fingerprint density at radius 1 is 1.12 bits per heavy atom. The zero-order valence-electron chi connectivity index (χ0n) is 9.63. The largest absolute Gasteiger partial charge is 0.508 e. The molecule has 2 aromatic rings. The SMILES string of the molecule is Oc1cccc2c1C[C@H](Cc1ccncc1)C2. The molecule has 1 atom stereocenters. The summed E-state index contributed by atoms with van der Waals surface area (Å²) in [5.74, 6) is 1.07. The minimum absolute atomic E-state index is 0.458. The van der Waals surface area contributed by atoms with Crippen LogP contribution in [0.4, 0.5) is 0 Å². The Balaban J connectivity index is 1.77. The molecule has 1 heterocycles. The van der Waals surface area contributed by atoms with Gasteiger partial charge in [-0.15, -0.1) is 0 Å². The molecule has 2 heteroatoms. The first kappa shape index (κ1) is 10.3. The Bertz CT molecular complexity index is 522. The van der Waals surface area contributed by atoms with E-state index in [1.807, 2.05) is 18.5 Å². The zero-order chi connectivity index (χ0) is 11.7. The lowest BCUT2D eigenvalue weighted by Gasteiger charge is -2.08. The second kappa shape index (κ2) is 4.21. The van der Waals surface area contributed by atoms with E-state index in [2.05, 4.69) is 23.2 Å². The van der Waals surface area contributed by atoms with Crippen LogP contribution in [0, 0.1) is 5.92 Å². The first-order valence-corrected chi connectivity index (χ1v) is 6.01. The zero-order valence-corrected chi connectivity index (χ0v) is 9.63. The average molecular weight is 225 g/mol. The number of nitrogens with zero attached hydrogens (tertiary/aromatic N) is 1. The molecule has 1 aromatic carbocycles. The number of phenols is 1. The highest BCUT2D eigenvalue weighted by Gasteiger charge is 2.23. The van der Waals surface area contributed by atoms with Gasteiger partial charge >= 0.3 is 0 Å². The summed E-state index contributed by atoms with van der Waals surface area (Å²) in [5, 5.41) is 9.81. The highest BCUT2D eigenvalue weighted by atomic mass is 16.3. The summed E-state index contributed by atoms with van der Waals surface area (Å²) in [6.07, 6.45) is 6.82. The van der Waals surface area contributed by atoms with Crippen molar-refractivity contribution in [2.24, 2.45) is 5.92 Å². The monoisotopic (exact) mass is 225 g/mol. The van der Waals surface area contributed by atoms with Gasteiger partial charge in [0, 0.05) is 12.4 Å². The van der Waals surface area contributed by atoms with Crippen LogP contribution in [0.1, 0.15) is 16.7 Å². The Labute approximate surface area is 101 Å². The van der Waals surface area contributed by atoms with Crippen LogP contribution in [0.3, 0.4) is 0 Å². The molecule has 0 fully saturated rings. The van der Waals surface area contributed by atoms with Crippen molar-refractivity contribution in [3.8, 4) is 5.75 Å². The fraction of sp³-hybridized carbons (Fsp3) is 0.267. The molecular weight excluding hydrogens is 210 g/mol. The molecule has 17 heavy (non-hydrogen) atoms. The van der Waals surface area contributed by atoms with Crippen molar-refractivity contribution in [3.05, 3.63) is 59.4 Å². The molecule has 0 saturated heterocycles. The molecule has 0 unspecified atom stereocenters. The Hall–Kier alpha value is -1.83. The summed E-state index contributed by atoms with van der Waals surface area (Å²) in [4.78, 5) is 4.03. The fourth-order valence-corrected chi connectivity index (χ4v) is 2.72. The van der Waals surface area contributed by atoms with Gasteiger partial charge in [0.15, 0.2) is 0 Å². The lowest BCUT2D eigenvalue weighted by Crippen LogP contribution is -2.03. The molecular formula is C15H15NO. The summed E-state index contributed by atoms with van der Waals surface area (Å²) < 4.78 is 0. The number of aromatic nitrogens is 1. The predicted molar refractivity (Wildman–Crippen MR) is 66.9 cm³/mol. The van der Waals surface area contributed by atoms with Crippen molar-refractivity contribution in [1.29, 1.82) is 0 Å². The molecule has 2 nitrogen and oxygen atoms in total. The van der Waals surface area contributed by atoms with Crippen molar-refractivity contribution < 1.29 is 5.11 Å². The van der Waals surface area contributed by atoms with E-state index in [1.165, 1.54) is 11.1 Å². The summed E-state index contributed by atoms with van der Waals surface area (Å²) in [6, 6.07) is 9.99. The highest BCUT2D eigenvalue weighted by molar-refractivity contribution is 5.43. The van der Waals surface area contributed by atoms with Crippen LogP contribution in [-0.2, 0) is 19.3 Å². The van der Waals surface area contributed by atoms with E-state index in [0.717, 1.165) is 24.8 Å².